The van der Waals surface area contributed by atoms with Crippen molar-refractivity contribution >= 4 is 28.2 Å². The number of rotatable bonds is 8. The molecule has 2 aromatic carbocycles. The first kappa shape index (κ1) is 26.4. The molecule has 3 aromatic rings. The van der Waals surface area contributed by atoms with Gasteiger partial charge in [-0.25, -0.2) is 8.78 Å². The number of benzene rings is 2. The first-order chi connectivity index (χ1) is 19.8. The molecule has 7 rings (SSSR count). The number of halogens is 2. The number of fused-ring (bicyclic) bond motifs is 3. The first-order valence-electron chi connectivity index (χ1n) is 14.8. The van der Waals surface area contributed by atoms with Gasteiger partial charge in [-0.2, -0.15) is 9.97 Å². The van der Waals surface area contributed by atoms with Crippen LogP contribution in [0.1, 0.15) is 67.6 Å². The van der Waals surface area contributed by atoms with Crippen LogP contribution < -0.4 is 14.5 Å². The molecular weight excluding hydrogens is 528 g/mol. The number of carbonyl (C=O) groups is 1. The van der Waals surface area contributed by atoms with Gasteiger partial charge in [-0.05, 0) is 68.7 Å². The number of amides is 1. The Labute approximate surface area is 237 Å². The molecule has 1 aromatic heterocycles. The summed E-state index contributed by atoms with van der Waals surface area (Å²) < 4.78 is 35.5. The summed E-state index contributed by atoms with van der Waals surface area (Å²) >= 11 is 0. The van der Waals surface area contributed by atoms with Gasteiger partial charge in [0.2, 0.25) is 0 Å². The second kappa shape index (κ2) is 9.79. The highest BCUT2D eigenvalue weighted by Gasteiger charge is 2.49. The van der Waals surface area contributed by atoms with Gasteiger partial charge in [0.1, 0.15) is 35.7 Å². The van der Waals surface area contributed by atoms with E-state index in [9.17, 15) is 18.7 Å². The Hall–Kier alpha value is -3.53. The fraction of sp³-hybridized carbons (Fsp3) is 0.516. The number of anilines is 2. The maximum absolute atomic E-state index is 14.9. The van der Waals surface area contributed by atoms with E-state index in [0.29, 0.717) is 77.7 Å². The van der Waals surface area contributed by atoms with Crippen LogP contribution in [0.25, 0.3) is 10.8 Å². The lowest BCUT2D eigenvalue weighted by molar-refractivity contribution is 0.0996. The molecule has 1 saturated carbocycles. The Morgan fingerprint density at radius 2 is 2.05 bits per heavy atom. The monoisotopic (exact) mass is 563 g/mol. The average Bonchev–Trinajstić information content (AvgIpc) is 3.52. The smallest absolute Gasteiger partial charge is 0.318 e. The van der Waals surface area contributed by atoms with E-state index in [4.69, 9.17) is 14.7 Å². The molecule has 41 heavy (non-hydrogen) atoms. The Morgan fingerprint density at radius 1 is 1.22 bits per heavy atom. The molecule has 3 fully saturated rings. The van der Waals surface area contributed by atoms with Gasteiger partial charge >= 0.3 is 6.01 Å². The molecule has 2 atom stereocenters. The molecule has 8 nitrogen and oxygen atoms in total. The highest BCUT2D eigenvalue weighted by Crippen LogP contribution is 2.43. The number of hydrogen-bond acceptors (Lipinski definition) is 7. The number of carbonyl (C=O) groups excluding carboxylic acids is 1. The lowest BCUT2D eigenvalue weighted by atomic mass is 9.95. The summed E-state index contributed by atoms with van der Waals surface area (Å²) in [6.45, 7) is 6.33. The third kappa shape index (κ3) is 4.29. The van der Waals surface area contributed by atoms with Gasteiger partial charge < -0.3 is 19.6 Å². The number of aryl methyl sites for hydroxylation is 1. The third-order valence-corrected chi connectivity index (χ3v) is 9.32. The topological polar surface area (TPSA) is 82.0 Å². The predicted molar refractivity (Wildman–Crippen MR) is 152 cm³/mol. The summed E-state index contributed by atoms with van der Waals surface area (Å²) in [4.78, 5) is 29.6. The van der Waals surface area contributed by atoms with E-state index in [1.54, 1.807) is 17.0 Å². The molecule has 1 aliphatic carbocycles. The minimum absolute atomic E-state index is 0.00322. The molecule has 0 spiro atoms. The second-order valence-electron chi connectivity index (χ2n) is 11.9. The van der Waals surface area contributed by atoms with Crippen molar-refractivity contribution in [2.45, 2.75) is 76.7 Å². The summed E-state index contributed by atoms with van der Waals surface area (Å²) in [5.74, 6) is -0.0858. The van der Waals surface area contributed by atoms with E-state index >= 15 is 0 Å². The molecule has 4 aliphatic rings. The lowest BCUT2D eigenvalue weighted by Crippen LogP contribution is -2.43. The van der Waals surface area contributed by atoms with E-state index in [1.807, 2.05) is 13.8 Å². The first-order valence-corrected chi connectivity index (χ1v) is 14.8. The van der Waals surface area contributed by atoms with Crippen molar-refractivity contribution in [1.29, 1.82) is 0 Å². The third-order valence-electron chi connectivity index (χ3n) is 9.32. The quantitative estimate of drug-likeness (QED) is 0.406. The number of alkyl halides is 1. The van der Waals surface area contributed by atoms with Crippen LogP contribution in [0.4, 0.5) is 20.3 Å². The van der Waals surface area contributed by atoms with Gasteiger partial charge in [0.15, 0.2) is 0 Å². The summed E-state index contributed by atoms with van der Waals surface area (Å²) in [6.07, 6.45) is 3.95. The van der Waals surface area contributed by atoms with Crippen molar-refractivity contribution in [2.75, 3.05) is 36.0 Å². The van der Waals surface area contributed by atoms with Crippen LogP contribution in [-0.4, -0.2) is 69.9 Å². The number of nitrogens with zero attached hydrogens (tertiary/aromatic N) is 5. The number of phenolic OH excluding ortho intramolecular Hbond substituents is 1. The standard InChI is InChI=1S/C31H35F2N5O3/c1-3-22-23(33)9-6-18-12-21(39)13-25(26(18)22)38-16-24-27(29(38)40)28(37(4-2)20-7-8-20)35-30(34-24)41-17-31-10-5-11-36(31)15-19(32)14-31/h6,9,12-13,19-20,39H,3-5,7-8,10-11,14-17H2,1-2H3. The fourth-order valence-electron chi connectivity index (χ4n) is 7.28. The number of phenols is 1. The van der Waals surface area contributed by atoms with Gasteiger partial charge in [-0.1, -0.05) is 13.0 Å². The maximum atomic E-state index is 14.9. The van der Waals surface area contributed by atoms with E-state index in [1.165, 1.54) is 12.1 Å². The van der Waals surface area contributed by atoms with Gasteiger partial charge in [-0.15, -0.1) is 0 Å². The second-order valence-corrected chi connectivity index (χ2v) is 11.9. The molecule has 0 radical (unpaired) electrons. The van der Waals surface area contributed by atoms with E-state index < -0.39 is 6.17 Å². The van der Waals surface area contributed by atoms with Crippen molar-refractivity contribution in [3.63, 3.8) is 0 Å². The summed E-state index contributed by atoms with van der Waals surface area (Å²) in [5, 5.41) is 11.8. The summed E-state index contributed by atoms with van der Waals surface area (Å²) in [5.41, 5.74) is 1.56. The predicted octanol–water partition coefficient (Wildman–Crippen LogP) is 5.14. The van der Waals surface area contributed by atoms with Crippen molar-refractivity contribution in [3.8, 4) is 11.8 Å². The Kier molecular flexibility index (Phi) is 6.30. The zero-order valence-electron chi connectivity index (χ0n) is 23.5. The maximum Gasteiger partial charge on any atom is 0.318 e. The zero-order chi connectivity index (χ0) is 28.5. The fourth-order valence-corrected chi connectivity index (χ4v) is 7.28. The molecule has 2 unspecified atom stereocenters. The molecule has 1 N–H and O–H groups in total. The van der Waals surface area contributed by atoms with E-state index in [0.717, 1.165) is 32.2 Å². The highest BCUT2D eigenvalue weighted by atomic mass is 19.1. The van der Waals surface area contributed by atoms with Crippen molar-refractivity contribution in [1.82, 2.24) is 14.9 Å². The Bertz CT molecular complexity index is 1550. The molecule has 10 heteroatoms. The Morgan fingerprint density at radius 3 is 2.80 bits per heavy atom. The minimum Gasteiger partial charge on any atom is -0.508 e. The minimum atomic E-state index is -0.859. The van der Waals surface area contributed by atoms with Crippen molar-refractivity contribution in [3.05, 3.63) is 46.9 Å². The molecule has 2 saturated heterocycles. The number of aromatic hydroxyl groups is 1. The molecule has 216 valence electrons. The van der Waals surface area contributed by atoms with Gasteiger partial charge in [0, 0.05) is 37.0 Å². The van der Waals surface area contributed by atoms with Gasteiger partial charge in [0.25, 0.3) is 5.91 Å². The Balaban J connectivity index is 1.29. The summed E-state index contributed by atoms with van der Waals surface area (Å²) in [6, 6.07) is 6.62. The largest absolute Gasteiger partial charge is 0.508 e. The van der Waals surface area contributed by atoms with Crippen LogP contribution in [0.15, 0.2) is 24.3 Å². The number of aromatic nitrogens is 2. The van der Waals surface area contributed by atoms with Crippen LogP contribution in [0, 0.1) is 5.82 Å². The van der Waals surface area contributed by atoms with Crippen LogP contribution in [-0.2, 0) is 13.0 Å². The zero-order valence-corrected chi connectivity index (χ0v) is 23.5. The average molecular weight is 564 g/mol. The summed E-state index contributed by atoms with van der Waals surface area (Å²) in [7, 11) is 0. The molecule has 0 bridgehead atoms. The normalized spacial score (nSPS) is 23.9. The van der Waals surface area contributed by atoms with Gasteiger partial charge in [-0.3, -0.25) is 9.69 Å². The number of hydrogen-bond donors (Lipinski definition) is 1. The van der Waals surface area contributed by atoms with Crippen molar-refractivity contribution < 1.29 is 23.4 Å². The SMILES string of the molecule is CCc1c(F)ccc2cc(O)cc(N3Cc4nc(OCC56CCCN5CC(F)C6)nc(N(CC)C5CC5)c4C3=O)c12. The van der Waals surface area contributed by atoms with E-state index in [-0.39, 0.29) is 35.6 Å². The molecular formula is C31H35F2N5O3. The van der Waals surface area contributed by atoms with Crippen LogP contribution in [0.5, 0.6) is 11.8 Å². The number of ether oxygens (including phenoxy) is 1. The van der Waals surface area contributed by atoms with Crippen LogP contribution >= 0.6 is 0 Å². The molecule has 1 amide bonds. The highest BCUT2D eigenvalue weighted by molar-refractivity contribution is 6.16. The van der Waals surface area contributed by atoms with E-state index in [2.05, 4.69) is 9.80 Å². The van der Waals surface area contributed by atoms with Crippen LogP contribution in [0.2, 0.25) is 0 Å². The molecule has 3 aliphatic heterocycles. The lowest BCUT2D eigenvalue weighted by Gasteiger charge is -2.31. The van der Waals surface area contributed by atoms with Crippen molar-refractivity contribution in [2.24, 2.45) is 0 Å². The molecule has 4 heterocycles. The van der Waals surface area contributed by atoms with Gasteiger partial charge in [0.05, 0.1) is 23.5 Å². The van der Waals surface area contributed by atoms with Crippen LogP contribution in [0.3, 0.4) is 0 Å².